The minimum absolute atomic E-state index is 0.182. The molecule has 162 valence electrons. The molecule has 0 spiro atoms. The number of anilines is 1. The lowest BCUT2D eigenvalue weighted by molar-refractivity contribution is -0.118. The van der Waals surface area contributed by atoms with Gasteiger partial charge in [-0.05, 0) is 67.5 Å². The molecule has 1 aliphatic rings. The van der Waals surface area contributed by atoms with Crippen molar-refractivity contribution < 1.29 is 17.9 Å². The molecule has 2 aromatic carbocycles. The first-order valence-electron chi connectivity index (χ1n) is 10.5. The van der Waals surface area contributed by atoms with E-state index in [1.54, 1.807) is 30.3 Å². The molecule has 3 aromatic rings. The maximum absolute atomic E-state index is 13.4. The van der Waals surface area contributed by atoms with Gasteiger partial charge in [0, 0.05) is 4.88 Å². The van der Waals surface area contributed by atoms with Crippen LogP contribution < -0.4 is 10.1 Å². The number of benzene rings is 2. The van der Waals surface area contributed by atoms with Gasteiger partial charge in [0.1, 0.15) is 15.6 Å². The van der Waals surface area contributed by atoms with E-state index in [1.165, 1.54) is 16.9 Å². The van der Waals surface area contributed by atoms with Crippen molar-refractivity contribution in [2.75, 3.05) is 11.9 Å². The standard InChI is InChI=1S/C24H25NO4S2/c1-2-17-12-14-18(15-13-17)29-16-22(26)25-24-23(20-10-6-7-11-21(20)30-24)31(27,28)19-8-4-3-5-9-19/h3-5,8-9,12-15H,2,6-7,10-11,16H2,1H3,(H,25,26). The summed E-state index contributed by atoms with van der Waals surface area (Å²) in [6.45, 7) is 1.89. The van der Waals surface area contributed by atoms with Crippen LogP contribution in [-0.2, 0) is 33.9 Å². The van der Waals surface area contributed by atoms with Crippen molar-refractivity contribution in [3.8, 4) is 5.75 Å². The Hall–Kier alpha value is -2.64. The molecule has 0 aliphatic heterocycles. The number of sulfone groups is 1. The summed E-state index contributed by atoms with van der Waals surface area (Å²) in [5.41, 5.74) is 2.04. The van der Waals surface area contributed by atoms with Crippen molar-refractivity contribution in [1.29, 1.82) is 0 Å². The number of hydrogen-bond acceptors (Lipinski definition) is 5. The maximum Gasteiger partial charge on any atom is 0.262 e. The van der Waals surface area contributed by atoms with Gasteiger partial charge in [0.05, 0.1) is 4.90 Å². The van der Waals surface area contributed by atoms with Gasteiger partial charge < -0.3 is 10.1 Å². The second kappa shape index (κ2) is 9.24. The van der Waals surface area contributed by atoms with Crippen LogP contribution in [0.25, 0.3) is 0 Å². The van der Waals surface area contributed by atoms with Crippen LogP contribution in [0.3, 0.4) is 0 Å². The van der Waals surface area contributed by atoms with Crippen molar-refractivity contribution in [3.63, 3.8) is 0 Å². The molecule has 4 rings (SSSR count). The molecular formula is C24H25NO4S2. The van der Waals surface area contributed by atoms with Crippen molar-refractivity contribution in [2.45, 2.75) is 48.8 Å². The van der Waals surface area contributed by atoms with Gasteiger partial charge in [-0.25, -0.2) is 8.42 Å². The van der Waals surface area contributed by atoms with Crippen molar-refractivity contribution in [2.24, 2.45) is 0 Å². The van der Waals surface area contributed by atoms with Crippen LogP contribution in [0.15, 0.2) is 64.4 Å². The number of thiophene rings is 1. The second-order valence-electron chi connectivity index (χ2n) is 7.52. The Bertz CT molecular complexity index is 1170. The molecule has 0 bridgehead atoms. The van der Waals surface area contributed by atoms with Gasteiger partial charge in [-0.15, -0.1) is 11.3 Å². The smallest absolute Gasteiger partial charge is 0.262 e. The van der Waals surface area contributed by atoms with E-state index in [0.717, 1.165) is 36.1 Å². The number of amides is 1. The van der Waals surface area contributed by atoms with E-state index in [0.29, 0.717) is 17.2 Å². The Balaban J connectivity index is 1.58. The predicted octanol–water partition coefficient (Wildman–Crippen LogP) is 5.04. The highest BCUT2D eigenvalue weighted by atomic mass is 32.2. The number of carbonyl (C=O) groups excluding carboxylic acids is 1. The average molecular weight is 456 g/mol. The fourth-order valence-electron chi connectivity index (χ4n) is 3.75. The summed E-state index contributed by atoms with van der Waals surface area (Å²) < 4.78 is 32.5. The lowest BCUT2D eigenvalue weighted by atomic mass is 9.99. The number of ether oxygens (including phenoxy) is 1. The van der Waals surface area contributed by atoms with Gasteiger partial charge in [-0.2, -0.15) is 0 Å². The largest absolute Gasteiger partial charge is 0.484 e. The van der Waals surface area contributed by atoms with Crippen molar-refractivity contribution in [1.82, 2.24) is 0 Å². The fraction of sp³-hybridized carbons (Fsp3) is 0.292. The maximum atomic E-state index is 13.4. The number of aryl methyl sites for hydroxylation is 2. The summed E-state index contributed by atoms with van der Waals surface area (Å²) in [4.78, 5) is 14.2. The highest BCUT2D eigenvalue weighted by Crippen LogP contribution is 2.43. The zero-order valence-corrected chi connectivity index (χ0v) is 19.0. The molecule has 7 heteroatoms. The molecule has 1 amide bonds. The van der Waals surface area contributed by atoms with Crippen LogP contribution in [0, 0.1) is 0 Å². The van der Waals surface area contributed by atoms with E-state index in [2.05, 4.69) is 12.2 Å². The third kappa shape index (κ3) is 4.67. The molecule has 31 heavy (non-hydrogen) atoms. The molecule has 0 unspecified atom stereocenters. The molecule has 0 fully saturated rings. The lowest BCUT2D eigenvalue weighted by Gasteiger charge is -2.14. The number of rotatable bonds is 7. The first kappa shape index (κ1) is 21.6. The molecule has 1 aromatic heterocycles. The minimum Gasteiger partial charge on any atom is -0.484 e. The molecule has 1 aliphatic carbocycles. The van der Waals surface area contributed by atoms with Gasteiger partial charge in [0.2, 0.25) is 9.84 Å². The molecule has 5 nitrogen and oxygen atoms in total. The monoisotopic (exact) mass is 455 g/mol. The van der Waals surface area contributed by atoms with E-state index in [-0.39, 0.29) is 22.3 Å². The highest BCUT2D eigenvalue weighted by molar-refractivity contribution is 7.92. The van der Waals surface area contributed by atoms with Gasteiger partial charge in [-0.3, -0.25) is 4.79 Å². The normalized spacial score (nSPS) is 13.5. The quantitative estimate of drug-likeness (QED) is 0.542. The number of carbonyl (C=O) groups is 1. The van der Waals surface area contributed by atoms with E-state index in [9.17, 15) is 13.2 Å². The number of fused-ring (bicyclic) bond motifs is 1. The SMILES string of the molecule is CCc1ccc(OCC(=O)Nc2sc3c(c2S(=O)(=O)c2ccccc2)CCCC3)cc1. The molecule has 0 atom stereocenters. The van der Waals surface area contributed by atoms with E-state index >= 15 is 0 Å². The summed E-state index contributed by atoms with van der Waals surface area (Å²) in [6.07, 6.45) is 4.47. The number of nitrogens with one attached hydrogen (secondary N) is 1. The Kier molecular flexibility index (Phi) is 6.43. The second-order valence-corrected chi connectivity index (χ2v) is 10.5. The molecular weight excluding hydrogens is 430 g/mol. The van der Waals surface area contributed by atoms with Crippen LogP contribution in [-0.4, -0.2) is 20.9 Å². The van der Waals surface area contributed by atoms with Gasteiger partial charge in [-0.1, -0.05) is 37.3 Å². The molecule has 0 radical (unpaired) electrons. The Morgan fingerprint density at radius 1 is 1.03 bits per heavy atom. The van der Waals surface area contributed by atoms with Crippen molar-refractivity contribution >= 4 is 32.1 Å². The molecule has 0 saturated heterocycles. The van der Waals surface area contributed by atoms with Crippen LogP contribution >= 0.6 is 11.3 Å². The lowest BCUT2D eigenvalue weighted by Crippen LogP contribution is -2.21. The summed E-state index contributed by atoms with van der Waals surface area (Å²) in [5, 5.41) is 3.21. The summed E-state index contributed by atoms with van der Waals surface area (Å²) >= 11 is 1.37. The first-order valence-corrected chi connectivity index (χ1v) is 12.7. The summed E-state index contributed by atoms with van der Waals surface area (Å²) in [6, 6.07) is 16.0. The predicted molar refractivity (Wildman–Crippen MR) is 123 cm³/mol. The Labute approximate surface area is 187 Å². The zero-order valence-electron chi connectivity index (χ0n) is 17.4. The van der Waals surface area contributed by atoms with Crippen LogP contribution in [0.2, 0.25) is 0 Å². The van der Waals surface area contributed by atoms with E-state index < -0.39 is 9.84 Å². The van der Waals surface area contributed by atoms with Gasteiger partial charge >= 0.3 is 0 Å². The molecule has 1 N–H and O–H groups in total. The molecule has 0 saturated carbocycles. The topological polar surface area (TPSA) is 72.5 Å². The van der Waals surface area contributed by atoms with Gasteiger partial charge in [0.25, 0.3) is 5.91 Å². The first-order chi connectivity index (χ1) is 15.0. The van der Waals surface area contributed by atoms with Crippen molar-refractivity contribution in [3.05, 3.63) is 70.6 Å². The highest BCUT2D eigenvalue weighted by Gasteiger charge is 2.31. The minimum atomic E-state index is -3.73. The molecule has 1 heterocycles. The van der Waals surface area contributed by atoms with Crippen LogP contribution in [0.4, 0.5) is 5.00 Å². The zero-order chi connectivity index (χ0) is 21.8. The van der Waals surface area contributed by atoms with Crippen LogP contribution in [0.1, 0.15) is 35.8 Å². The average Bonchev–Trinajstić information content (AvgIpc) is 3.17. The van der Waals surface area contributed by atoms with Crippen LogP contribution in [0.5, 0.6) is 5.75 Å². The summed E-state index contributed by atoms with van der Waals surface area (Å²) in [5.74, 6) is 0.234. The number of hydrogen-bond donors (Lipinski definition) is 1. The fourth-order valence-corrected chi connectivity index (χ4v) is 7.07. The van der Waals surface area contributed by atoms with E-state index in [4.69, 9.17) is 4.74 Å². The third-order valence-electron chi connectivity index (χ3n) is 5.40. The summed E-state index contributed by atoms with van der Waals surface area (Å²) in [7, 11) is -3.73. The third-order valence-corrected chi connectivity index (χ3v) is 8.62. The van der Waals surface area contributed by atoms with Gasteiger partial charge in [0.15, 0.2) is 6.61 Å². The Morgan fingerprint density at radius 3 is 2.45 bits per heavy atom. The Morgan fingerprint density at radius 2 is 1.74 bits per heavy atom. The van der Waals surface area contributed by atoms with E-state index in [1.807, 2.05) is 24.3 Å².